The van der Waals surface area contributed by atoms with Crippen LogP contribution in [0.5, 0.6) is 0 Å². The maximum absolute atomic E-state index is 10.1. The fourth-order valence-electron chi connectivity index (χ4n) is 3.11. The predicted octanol–water partition coefficient (Wildman–Crippen LogP) is 0.383. The van der Waals surface area contributed by atoms with Crippen molar-refractivity contribution in [3.63, 3.8) is 0 Å². The molecule has 0 saturated carbocycles. The molecule has 0 bridgehead atoms. The molecule has 0 unspecified atom stereocenters. The molecule has 3 heterocycles. The number of rotatable bonds is 5. The zero-order valence-electron chi connectivity index (χ0n) is 14.4. The van der Waals surface area contributed by atoms with E-state index in [2.05, 4.69) is 14.9 Å². The Kier molecular flexibility index (Phi) is 4.86. The van der Waals surface area contributed by atoms with Crippen molar-refractivity contribution >= 4 is 26.8 Å². The molecule has 0 aliphatic carbocycles. The van der Waals surface area contributed by atoms with Gasteiger partial charge in [0.1, 0.15) is 0 Å². The van der Waals surface area contributed by atoms with E-state index in [1.165, 1.54) is 4.70 Å². The van der Waals surface area contributed by atoms with Crippen molar-refractivity contribution in [2.24, 2.45) is 7.05 Å². The Hall–Kier alpha value is -1.22. The lowest BCUT2D eigenvalue weighted by atomic mass is 10.2. The second-order valence-corrected chi connectivity index (χ2v) is 7.54. The number of β-amino-alcohol motifs (C(OH)–C–C–N with tert-alkyl or cyclic N) is 1. The second-order valence-electron chi connectivity index (χ2n) is 6.56. The molecular weight excluding hydrogens is 312 g/mol. The number of nitrogens with zero attached hydrogens (tertiary/aromatic N) is 6. The molecular formula is C15H26N6OS. The number of aliphatic hydroxyl groups is 1. The number of thiazole rings is 1. The van der Waals surface area contributed by atoms with E-state index >= 15 is 0 Å². The van der Waals surface area contributed by atoms with Crippen molar-refractivity contribution in [1.82, 2.24) is 24.6 Å². The standard InChI is InChI=1S/C15H26N6OS/c1-11-13-14(19(4)17-11)16-15(23-13)21-7-5-20(6-8-21)10-12(22)9-18(2)3/h12,22H,5-10H2,1-4H3/t12-/m0/s1. The molecule has 1 aliphatic heterocycles. The number of anilines is 1. The van der Waals surface area contributed by atoms with Crippen LogP contribution in [0.4, 0.5) is 5.13 Å². The Balaban J connectivity index is 1.58. The minimum absolute atomic E-state index is 0.285. The molecule has 0 aromatic carbocycles. The summed E-state index contributed by atoms with van der Waals surface area (Å²) in [7, 11) is 5.93. The molecule has 3 rings (SSSR count). The quantitative estimate of drug-likeness (QED) is 0.851. The number of piperazine rings is 1. The summed E-state index contributed by atoms with van der Waals surface area (Å²) in [5.41, 5.74) is 2.03. The molecule has 23 heavy (non-hydrogen) atoms. The van der Waals surface area contributed by atoms with Gasteiger partial charge in [0.15, 0.2) is 10.8 Å². The number of hydrogen-bond donors (Lipinski definition) is 1. The minimum Gasteiger partial charge on any atom is -0.390 e. The lowest BCUT2D eigenvalue weighted by Crippen LogP contribution is -2.49. The van der Waals surface area contributed by atoms with Crippen LogP contribution in [0.3, 0.4) is 0 Å². The fourth-order valence-corrected chi connectivity index (χ4v) is 4.19. The maximum atomic E-state index is 10.1. The van der Waals surface area contributed by atoms with Crippen molar-refractivity contribution < 1.29 is 5.11 Å². The molecule has 0 amide bonds. The van der Waals surface area contributed by atoms with Crippen LogP contribution in [0.2, 0.25) is 0 Å². The first-order valence-electron chi connectivity index (χ1n) is 8.04. The predicted molar refractivity (Wildman–Crippen MR) is 94.3 cm³/mol. The number of fused-ring (bicyclic) bond motifs is 1. The van der Waals surface area contributed by atoms with Gasteiger partial charge in [-0.3, -0.25) is 4.90 Å². The van der Waals surface area contributed by atoms with Gasteiger partial charge < -0.3 is 14.9 Å². The largest absolute Gasteiger partial charge is 0.390 e. The van der Waals surface area contributed by atoms with Crippen LogP contribution in [-0.2, 0) is 7.05 Å². The third-order valence-electron chi connectivity index (χ3n) is 4.22. The molecule has 7 nitrogen and oxygen atoms in total. The molecule has 8 heteroatoms. The van der Waals surface area contributed by atoms with Gasteiger partial charge in [-0.25, -0.2) is 9.67 Å². The first-order chi connectivity index (χ1) is 10.9. The first-order valence-corrected chi connectivity index (χ1v) is 8.86. The van der Waals surface area contributed by atoms with Crippen LogP contribution in [0.25, 0.3) is 10.3 Å². The monoisotopic (exact) mass is 338 g/mol. The molecule has 1 saturated heterocycles. The molecule has 1 fully saturated rings. The van der Waals surface area contributed by atoms with Crippen LogP contribution in [-0.4, -0.2) is 89.1 Å². The van der Waals surface area contributed by atoms with Crippen LogP contribution < -0.4 is 4.90 Å². The van der Waals surface area contributed by atoms with Crippen LogP contribution >= 0.6 is 11.3 Å². The summed E-state index contributed by atoms with van der Waals surface area (Å²) in [6.07, 6.45) is -0.285. The molecule has 1 N–H and O–H groups in total. The minimum atomic E-state index is -0.285. The van der Waals surface area contributed by atoms with E-state index in [4.69, 9.17) is 4.98 Å². The molecule has 128 valence electrons. The Morgan fingerprint density at radius 1 is 1.26 bits per heavy atom. The molecule has 2 aromatic rings. The van der Waals surface area contributed by atoms with Crippen LogP contribution in [0.15, 0.2) is 0 Å². The van der Waals surface area contributed by atoms with Crippen molar-refractivity contribution in [3.05, 3.63) is 5.69 Å². The van der Waals surface area contributed by atoms with Gasteiger partial charge >= 0.3 is 0 Å². The third-order valence-corrected chi connectivity index (χ3v) is 5.43. The van der Waals surface area contributed by atoms with Gasteiger partial charge in [0.05, 0.1) is 16.5 Å². The zero-order chi connectivity index (χ0) is 16.6. The summed E-state index contributed by atoms with van der Waals surface area (Å²) in [6.45, 7) is 7.35. The summed E-state index contributed by atoms with van der Waals surface area (Å²) >= 11 is 1.73. The summed E-state index contributed by atoms with van der Waals surface area (Å²) in [6, 6.07) is 0. The van der Waals surface area contributed by atoms with Crippen LogP contribution in [0.1, 0.15) is 5.69 Å². The highest BCUT2D eigenvalue weighted by atomic mass is 32.1. The highest BCUT2D eigenvalue weighted by Gasteiger charge is 2.23. The summed E-state index contributed by atoms with van der Waals surface area (Å²) in [4.78, 5) is 11.5. The van der Waals surface area contributed by atoms with Gasteiger partial charge in [-0.2, -0.15) is 5.10 Å². The number of likely N-dealkylation sites (N-methyl/N-ethyl adjacent to an activating group) is 1. The Bertz CT molecular complexity index is 624. The number of aliphatic hydroxyl groups excluding tert-OH is 1. The average molecular weight is 338 g/mol. The molecule has 0 radical (unpaired) electrons. The van der Waals surface area contributed by atoms with Gasteiger partial charge in [-0.15, -0.1) is 0 Å². The lowest BCUT2D eigenvalue weighted by molar-refractivity contribution is 0.0861. The van der Waals surface area contributed by atoms with Gasteiger partial charge in [0.25, 0.3) is 0 Å². The maximum Gasteiger partial charge on any atom is 0.188 e. The fraction of sp³-hybridized carbons (Fsp3) is 0.733. The van der Waals surface area contributed by atoms with E-state index in [0.717, 1.165) is 49.2 Å². The van der Waals surface area contributed by atoms with E-state index in [9.17, 15) is 5.11 Å². The average Bonchev–Trinajstić information content (AvgIpc) is 3.01. The molecule has 1 atom stereocenters. The Morgan fingerprint density at radius 2 is 1.96 bits per heavy atom. The number of aryl methyl sites for hydroxylation is 2. The lowest BCUT2D eigenvalue weighted by Gasteiger charge is -2.35. The van der Waals surface area contributed by atoms with Gasteiger partial charge in [0, 0.05) is 46.3 Å². The van der Waals surface area contributed by atoms with Crippen molar-refractivity contribution in [3.8, 4) is 0 Å². The first kappa shape index (κ1) is 16.6. The van der Waals surface area contributed by atoms with E-state index < -0.39 is 0 Å². The smallest absolute Gasteiger partial charge is 0.188 e. The summed E-state index contributed by atoms with van der Waals surface area (Å²) < 4.78 is 3.05. The zero-order valence-corrected chi connectivity index (χ0v) is 15.2. The normalized spacial score (nSPS) is 18.3. The topological polar surface area (TPSA) is 60.7 Å². The number of aromatic nitrogens is 3. The molecule has 1 aliphatic rings. The van der Waals surface area contributed by atoms with E-state index in [1.807, 2.05) is 37.6 Å². The summed E-state index contributed by atoms with van der Waals surface area (Å²) in [5.74, 6) is 0. The van der Waals surface area contributed by atoms with Crippen LogP contribution in [0, 0.1) is 6.92 Å². The third kappa shape index (κ3) is 3.65. The number of hydrogen-bond acceptors (Lipinski definition) is 7. The highest BCUT2D eigenvalue weighted by molar-refractivity contribution is 7.22. The van der Waals surface area contributed by atoms with E-state index in [0.29, 0.717) is 6.54 Å². The van der Waals surface area contributed by atoms with Crippen molar-refractivity contribution in [2.75, 3.05) is 58.3 Å². The van der Waals surface area contributed by atoms with Gasteiger partial charge in [-0.05, 0) is 21.0 Å². The van der Waals surface area contributed by atoms with Crippen molar-refractivity contribution in [2.45, 2.75) is 13.0 Å². The summed E-state index contributed by atoms with van der Waals surface area (Å²) in [5, 5.41) is 15.6. The Labute approximate surface area is 141 Å². The highest BCUT2D eigenvalue weighted by Crippen LogP contribution is 2.31. The molecule has 2 aromatic heterocycles. The van der Waals surface area contributed by atoms with Gasteiger partial charge in [0.2, 0.25) is 0 Å². The van der Waals surface area contributed by atoms with Gasteiger partial charge in [-0.1, -0.05) is 11.3 Å². The Morgan fingerprint density at radius 3 is 2.57 bits per heavy atom. The van der Waals surface area contributed by atoms with E-state index in [-0.39, 0.29) is 6.10 Å². The second kappa shape index (κ2) is 6.72. The SMILES string of the molecule is Cc1nn(C)c2nc(N3CCN(C[C@@H](O)CN(C)C)CC3)sc12. The van der Waals surface area contributed by atoms with E-state index in [1.54, 1.807) is 11.3 Å². The van der Waals surface area contributed by atoms with Crippen molar-refractivity contribution in [1.29, 1.82) is 0 Å². The molecule has 0 spiro atoms.